The van der Waals surface area contributed by atoms with Crippen molar-refractivity contribution in [2.24, 2.45) is 23.8 Å². The maximum Gasteiger partial charge on any atom is 0.233 e. The molecule has 7 saturated carbocycles. The monoisotopic (exact) mass is 571 g/mol. The molecule has 8 heteroatoms. The number of hydrogen-bond donors (Lipinski definition) is 0. The molecule has 0 aliphatic heterocycles. The number of carbonyl (C=O) groups excluding carboxylic acids is 1. The van der Waals surface area contributed by atoms with Gasteiger partial charge >= 0.3 is 0 Å². The van der Waals surface area contributed by atoms with E-state index in [9.17, 15) is 9.18 Å². The Balaban J connectivity index is 1.08. The summed E-state index contributed by atoms with van der Waals surface area (Å²) in [6, 6.07) is 10.4. The minimum atomic E-state index is -0.849. The predicted molar refractivity (Wildman–Crippen MR) is 158 cm³/mol. The van der Waals surface area contributed by atoms with Crippen LogP contribution < -0.4 is 4.90 Å². The zero-order valence-corrected chi connectivity index (χ0v) is 25.1. The molecule has 7 nitrogen and oxygen atoms in total. The lowest BCUT2D eigenvalue weighted by Crippen LogP contribution is -2.54. The predicted octanol–water partition coefficient (Wildman–Crippen LogP) is 7.23. The normalized spacial score (nSPS) is 33.3. The molecule has 1 amide bonds. The molecule has 0 N–H and O–H groups in total. The molecule has 0 spiro atoms. The van der Waals surface area contributed by atoms with E-state index in [1.165, 1.54) is 24.2 Å². The summed E-state index contributed by atoms with van der Waals surface area (Å²) in [6.45, 7) is 4.75. The highest BCUT2D eigenvalue weighted by Crippen LogP contribution is 2.62. The Kier molecular flexibility index (Phi) is 5.84. The molecule has 3 aromatic rings. The Labute approximate surface area is 247 Å². The van der Waals surface area contributed by atoms with E-state index in [1.807, 2.05) is 43.0 Å². The Bertz CT molecular complexity index is 1510. The molecule has 0 saturated heterocycles. The number of halogens is 1. The third-order valence-corrected chi connectivity index (χ3v) is 11.8. The number of fused-ring (bicyclic) bond motifs is 4. The van der Waals surface area contributed by atoms with Crippen LogP contribution in [-0.4, -0.2) is 38.5 Å². The number of amides is 1. The summed E-state index contributed by atoms with van der Waals surface area (Å²) in [7, 11) is 2.12. The van der Waals surface area contributed by atoms with Crippen LogP contribution in [0.5, 0.6) is 0 Å². The molecule has 7 fully saturated rings. The maximum atomic E-state index is 14.7. The van der Waals surface area contributed by atoms with Crippen molar-refractivity contribution >= 4 is 11.6 Å². The van der Waals surface area contributed by atoms with Crippen molar-refractivity contribution in [1.29, 1.82) is 0 Å². The Morgan fingerprint density at radius 2 is 1.83 bits per heavy atom. The van der Waals surface area contributed by atoms with Crippen LogP contribution >= 0.6 is 0 Å². The third kappa shape index (κ3) is 4.10. The number of benzene rings is 1. The van der Waals surface area contributed by atoms with Crippen LogP contribution in [0, 0.1) is 16.7 Å². The topological polar surface area (TPSA) is 77.1 Å². The summed E-state index contributed by atoms with van der Waals surface area (Å²) in [5, 5.41) is 9.14. The van der Waals surface area contributed by atoms with E-state index in [0.29, 0.717) is 43.4 Å². The maximum absolute atomic E-state index is 14.7. The summed E-state index contributed by atoms with van der Waals surface area (Å²) in [6.07, 6.45) is 10.2. The fraction of sp³-hybridized carbons (Fsp3) is 0.647. The molecule has 222 valence electrons. The van der Waals surface area contributed by atoms with Crippen LogP contribution in [0.15, 0.2) is 34.9 Å². The Morgan fingerprint density at radius 1 is 1.10 bits per heavy atom. The Hall–Kier alpha value is -3.03. The van der Waals surface area contributed by atoms with E-state index in [0.717, 1.165) is 49.8 Å². The highest BCUT2D eigenvalue weighted by molar-refractivity contribution is 5.99. The SMILES string of the molecule is CC(C)c1nc(-c2cccc(N(CC34CCC(c5cc(C6CC6)nn5C)(CC3)CC4)C(=O)C34CC(C3)[C@H](F)C4)c2)no1. The minimum Gasteiger partial charge on any atom is -0.339 e. The number of carbonyl (C=O) groups is 1. The molecule has 0 radical (unpaired) electrons. The van der Waals surface area contributed by atoms with Gasteiger partial charge in [-0.3, -0.25) is 9.48 Å². The van der Waals surface area contributed by atoms with Gasteiger partial charge in [-0.1, -0.05) is 31.1 Å². The van der Waals surface area contributed by atoms with Crippen molar-refractivity contribution in [2.45, 2.75) is 108 Å². The third-order valence-electron chi connectivity index (χ3n) is 11.8. The van der Waals surface area contributed by atoms with Crippen LogP contribution in [0.1, 0.15) is 114 Å². The summed E-state index contributed by atoms with van der Waals surface area (Å²) >= 11 is 0. The summed E-state index contributed by atoms with van der Waals surface area (Å²) in [5.41, 5.74) is 4.13. The van der Waals surface area contributed by atoms with Crippen molar-refractivity contribution in [3.8, 4) is 11.4 Å². The van der Waals surface area contributed by atoms with Crippen LogP contribution in [-0.2, 0) is 17.3 Å². The van der Waals surface area contributed by atoms with Crippen molar-refractivity contribution in [3.63, 3.8) is 0 Å². The second kappa shape index (κ2) is 9.23. The number of hydrogen-bond acceptors (Lipinski definition) is 5. The van der Waals surface area contributed by atoms with Gasteiger partial charge in [0, 0.05) is 47.8 Å². The van der Waals surface area contributed by atoms with Crippen molar-refractivity contribution < 1.29 is 13.7 Å². The molecule has 0 unspecified atom stereocenters. The van der Waals surface area contributed by atoms with Gasteiger partial charge < -0.3 is 9.42 Å². The molecule has 2 heterocycles. The molecule has 1 aromatic carbocycles. The van der Waals surface area contributed by atoms with E-state index >= 15 is 0 Å². The van der Waals surface area contributed by atoms with Crippen LogP contribution in [0.3, 0.4) is 0 Å². The zero-order valence-electron chi connectivity index (χ0n) is 25.1. The summed E-state index contributed by atoms with van der Waals surface area (Å²) in [4.78, 5) is 21.1. The number of alkyl halides is 1. The average molecular weight is 572 g/mol. The lowest BCUT2D eigenvalue weighted by atomic mass is 9.52. The first-order valence-corrected chi connectivity index (χ1v) is 16.1. The van der Waals surface area contributed by atoms with Gasteiger partial charge in [-0.05, 0) is 100 Å². The smallest absolute Gasteiger partial charge is 0.233 e. The van der Waals surface area contributed by atoms with E-state index in [4.69, 9.17) is 9.62 Å². The molecule has 1 atom stereocenters. The van der Waals surface area contributed by atoms with Gasteiger partial charge in [-0.2, -0.15) is 10.1 Å². The van der Waals surface area contributed by atoms with Crippen molar-refractivity contribution in [1.82, 2.24) is 19.9 Å². The molecule has 7 aliphatic carbocycles. The van der Waals surface area contributed by atoms with Gasteiger partial charge in [-0.15, -0.1) is 0 Å². The quantitative estimate of drug-likeness (QED) is 0.285. The highest BCUT2D eigenvalue weighted by Gasteiger charge is 2.62. The van der Waals surface area contributed by atoms with E-state index < -0.39 is 11.6 Å². The van der Waals surface area contributed by atoms with Crippen LogP contribution in [0.25, 0.3) is 11.4 Å². The number of aryl methyl sites for hydroxylation is 1. The standard InChI is InChI=1S/C34H42FN5O2/c1-21(2)30-36-29(38-42-30)23-5-4-6-25(15-23)40(31(41)34-17-24(18-34)26(35)19-34)20-32-9-12-33(13-10-32,14-11-32)28-16-27(22-7-8-22)37-39(28)3/h4-6,15-16,21-22,24,26H,7-14,17-20H2,1-3H3/t24?,26-,32?,33?,34?/m1/s1. The lowest BCUT2D eigenvalue weighted by molar-refractivity contribution is -0.132. The first-order chi connectivity index (χ1) is 20.2. The van der Waals surface area contributed by atoms with E-state index in [1.54, 1.807) is 0 Å². The van der Waals surface area contributed by atoms with Crippen LogP contribution in [0.2, 0.25) is 0 Å². The van der Waals surface area contributed by atoms with E-state index in [-0.39, 0.29) is 28.6 Å². The highest BCUT2D eigenvalue weighted by atomic mass is 19.1. The molecule has 4 bridgehead atoms. The van der Waals surface area contributed by atoms with Gasteiger partial charge in [0.25, 0.3) is 0 Å². The second-order valence-electron chi connectivity index (χ2n) is 14.9. The number of anilines is 1. The number of aromatic nitrogens is 4. The molecule has 7 aliphatic rings. The van der Waals surface area contributed by atoms with Crippen molar-refractivity contribution in [3.05, 3.63) is 47.6 Å². The first-order valence-electron chi connectivity index (χ1n) is 16.1. The van der Waals surface area contributed by atoms with Gasteiger partial charge in [-0.25, -0.2) is 4.39 Å². The molecule has 10 rings (SSSR count). The minimum absolute atomic E-state index is 0.0542. The fourth-order valence-corrected chi connectivity index (χ4v) is 8.92. The zero-order chi connectivity index (χ0) is 28.9. The molecule has 2 aromatic heterocycles. The summed E-state index contributed by atoms with van der Waals surface area (Å²) < 4.78 is 22.3. The molecule has 42 heavy (non-hydrogen) atoms. The number of rotatable bonds is 8. The van der Waals surface area contributed by atoms with Crippen LogP contribution in [0.4, 0.5) is 10.1 Å². The molecular formula is C34H42FN5O2. The Morgan fingerprint density at radius 3 is 2.45 bits per heavy atom. The fourth-order valence-electron chi connectivity index (χ4n) is 8.92. The molecular weight excluding hydrogens is 529 g/mol. The average Bonchev–Trinajstić information content (AvgIpc) is 3.28. The lowest BCUT2D eigenvalue weighted by Gasteiger charge is -2.55. The van der Waals surface area contributed by atoms with Gasteiger partial charge in [0.2, 0.25) is 17.6 Å². The second-order valence-corrected chi connectivity index (χ2v) is 14.9. The van der Waals surface area contributed by atoms with Gasteiger partial charge in [0.05, 0.1) is 11.1 Å². The van der Waals surface area contributed by atoms with Crippen molar-refractivity contribution in [2.75, 3.05) is 11.4 Å². The number of nitrogens with zero attached hydrogens (tertiary/aromatic N) is 5. The first kappa shape index (κ1) is 26.6. The van der Waals surface area contributed by atoms with E-state index in [2.05, 4.69) is 27.9 Å². The van der Waals surface area contributed by atoms with Gasteiger partial charge in [0.1, 0.15) is 6.17 Å². The van der Waals surface area contributed by atoms with Gasteiger partial charge in [0.15, 0.2) is 0 Å². The largest absolute Gasteiger partial charge is 0.339 e. The summed E-state index contributed by atoms with van der Waals surface area (Å²) in [5.74, 6) is 2.12.